The largest absolute Gasteiger partial charge is 0.337 e. The fourth-order valence-corrected chi connectivity index (χ4v) is 2.01. The lowest BCUT2D eigenvalue weighted by Crippen LogP contribution is -2.31. The van der Waals surface area contributed by atoms with E-state index in [1.807, 2.05) is 29.2 Å². The highest BCUT2D eigenvalue weighted by atomic mass is 79.9. The maximum Gasteiger partial charge on any atom is 0.253 e. The number of nitrogens with two attached hydrogens (primary N) is 1. The molecule has 1 aromatic rings. The molecule has 0 saturated carbocycles. The second-order valence-electron chi connectivity index (χ2n) is 3.81. The van der Waals surface area contributed by atoms with Gasteiger partial charge in [-0.3, -0.25) is 4.79 Å². The van der Waals surface area contributed by atoms with Crippen molar-refractivity contribution in [2.45, 2.75) is 12.5 Å². The molecule has 1 heterocycles. The number of amides is 1. The fourth-order valence-electron chi connectivity index (χ4n) is 1.75. The van der Waals surface area contributed by atoms with Crippen LogP contribution in [0.1, 0.15) is 16.8 Å². The van der Waals surface area contributed by atoms with Gasteiger partial charge in [-0.2, -0.15) is 0 Å². The van der Waals surface area contributed by atoms with Gasteiger partial charge in [-0.05, 0) is 30.7 Å². The number of carbonyl (C=O) groups excluding carboxylic acids is 1. The predicted molar refractivity (Wildman–Crippen MR) is 69.9 cm³/mol. The van der Waals surface area contributed by atoms with Crippen LogP contribution in [0, 0.1) is 0 Å². The first-order valence-electron chi connectivity index (χ1n) is 4.97. The molecule has 0 aliphatic carbocycles. The summed E-state index contributed by atoms with van der Waals surface area (Å²) in [6, 6.07) is 7.56. The van der Waals surface area contributed by atoms with Gasteiger partial charge in [0, 0.05) is 29.2 Å². The molecule has 5 heteroatoms. The minimum atomic E-state index is 0. The van der Waals surface area contributed by atoms with Crippen LogP contribution in [-0.2, 0) is 0 Å². The molecule has 0 aromatic heterocycles. The molecule has 1 fully saturated rings. The first kappa shape index (κ1) is 13.5. The first-order chi connectivity index (χ1) is 7.16. The minimum absolute atomic E-state index is 0. The Morgan fingerprint density at radius 1 is 1.38 bits per heavy atom. The zero-order valence-electron chi connectivity index (χ0n) is 8.73. The van der Waals surface area contributed by atoms with Crippen molar-refractivity contribution in [1.29, 1.82) is 0 Å². The Hall–Kier alpha value is -0.580. The third-order valence-corrected chi connectivity index (χ3v) is 3.13. The number of rotatable bonds is 1. The highest BCUT2D eigenvalue weighted by molar-refractivity contribution is 9.10. The molecular formula is C11H14BrClN2O. The monoisotopic (exact) mass is 304 g/mol. The van der Waals surface area contributed by atoms with Gasteiger partial charge in [-0.15, -0.1) is 12.4 Å². The highest BCUT2D eigenvalue weighted by Gasteiger charge is 2.24. The number of likely N-dealkylation sites (tertiary alicyclic amines) is 1. The van der Waals surface area contributed by atoms with E-state index in [1.54, 1.807) is 0 Å². The zero-order valence-corrected chi connectivity index (χ0v) is 11.1. The third-order valence-electron chi connectivity index (χ3n) is 2.60. The quantitative estimate of drug-likeness (QED) is 0.863. The molecule has 1 amide bonds. The molecule has 1 saturated heterocycles. The number of halogens is 2. The van der Waals surface area contributed by atoms with E-state index < -0.39 is 0 Å². The highest BCUT2D eigenvalue weighted by Crippen LogP contribution is 2.15. The Bertz CT molecular complexity index is 369. The van der Waals surface area contributed by atoms with Crippen LogP contribution in [0.15, 0.2) is 28.7 Å². The van der Waals surface area contributed by atoms with E-state index in [2.05, 4.69) is 15.9 Å². The van der Waals surface area contributed by atoms with Crippen LogP contribution in [0.3, 0.4) is 0 Å². The molecule has 1 aliphatic rings. The zero-order chi connectivity index (χ0) is 10.8. The number of carbonyl (C=O) groups is 1. The van der Waals surface area contributed by atoms with E-state index in [0.717, 1.165) is 23.0 Å². The lowest BCUT2D eigenvalue weighted by Gasteiger charge is -2.15. The summed E-state index contributed by atoms with van der Waals surface area (Å²) in [5.74, 6) is 0.0791. The van der Waals surface area contributed by atoms with Crippen LogP contribution in [0.4, 0.5) is 0 Å². The first-order valence-corrected chi connectivity index (χ1v) is 5.76. The molecule has 0 spiro atoms. The van der Waals surface area contributed by atoms with E-state index in [0.29, 0.717) is 6.54 Å². The summed E-state index contributed by atoms with van der Waals surface area (Å²) in [6.07, 6.45) is 0.905. The summed E-state index contributed by atoms with van der Waals surface area (Å²) in [7, 11) is 0. The topological polar surface area (TPSA) is 46.3 Å². The minimum Gasteiger partial charge on any atom is -0.337 e. The van der Waals surface area contributed by atoms with E-state index in [1.165, 1.54) is 0 Å². The van der Waals surface area contributed by atoms with Gasteiger partial charge in [0.2, 0.25) is 0 Å². The van der Waals surface area contributed by atoms with Crippen molar-refractivity contribution < 1.29 is 4.79 Å². The van der Waals surface area contributed by atoms with Crippen molar-refractivity contribution in [3.05, 3.63) is 34.3 Å². The number of hydrogen-bond donors (Lipinski definition) is 1. The van der Waals surface area contributed by atoms with Gasteiger partial charge in [-0.1, -0.05) is 15.9 Å². The molecule has 88 valence electrons. The molecule has 1 aromatic carbocycles. The molecule has 0 bridgehead atoms. The maximum atomic E-state index is 12.0. The van der Waals surface area contributed by atoms with Gasteiger partial charge < -0.3 is 10.6 Å². The van der Waals surface area contributed by atoms with Crippen LogP contribution in [0.5, 0.6) is 0 Å². The van der Waals surface area contributed by atoms with Crippen molar-refractivity contribution >= 4 is 34.2 Å². The molecule has 16 heavy (non-hydrogen) atoms. The van der Waals surface area contributed by atoms with Gasteiger partial charge in [-0.25, -0.2) is 0 Å². The normalized spacial score (nSPS) is 19.4. The number of nitrogens with zero attached hydrogens (tertiary/aromatic N) is 1. The van der Waals surface area contributed by atoms with Crippen LogP contribution in [0.2, 0.25) is 0 Å². The molecule has 1 atom stereocenters. The second-order valence-corrected chi connectivity index (χ2v) is 4.72. The smallest absolute Gasteiger partial charge is 0.253 e. The van der Waals surface area contributed by atoms with Gasteiger partial charge in [0.25, 0.3) is 5.91 Å². The SMILES string of the molecule is Cl.N[C@H]1CCN(C(=O)c2ccc(Br)cc2)C1. The molecule has 2 N–H and O–H groups in total. The number of hydrogen-bond acceptors (Lipinski definition) is 2. The lowest BCUT2D eigenvalue weighted by molar-refractivity contribution is 0.0791. The summed E-state index contributed by atoms with van der Waals surface area (Å²) < 4.78 is 0.983. The molecule has 0 radical (unpaired) electrons. The van der Waals surface area contributed by atoms with E-state index in [9.17, 15) is 4.79 Å². The van der Waals surface area contributed by atoms with Crippen molar-refractivity contribution in [3.63, 3.8) is 0 Å². The Morgan fingerprint density at radius 3 is 2.50 bits per heavy atom. The maximum absolute atomic E-state index is 12.0. The Morgan fingerprint density at radius 2 is 2.00 bits per heavy atom. The second kappa shape index (κ2) is 5.66. The van der Waals surface area contributed by atoms with Crippen LogP contribution in [-0.4, -0.2) is 29.9 Å². The van der Waals surface area contributed by atoms with Gasteiger partial charge in [0.05, 0.1) is 0 Å². The van der Waals surface area contributed by atoms with Crippen molar-refractivity contribution in [1.82, 2.24) is 4.90 Å². The van der Waals surface area contributed by atoms with E-state index in [-0.39, 0.29) is 24.4 Å². The summed E-state index contributed by atoms with van der Waals surface area (Å²) in [5, 5.41) is 0. The molecular weight excluding hydrogens is 291 g/mol. The summed E-state index contributed by atoms with van der Waals surface area (Å²) in [5.41, 5.74) is 6.49. The van der Waals surface area contributed by atoms with Crippen molar-refractivity contribution in [3.8, 4) is 0 Å². The Labute approximate surface area is 110 Å². The van der Waals surface area contributed by atoms with Gasteiger partial charge in [0.1, 0.15) is 0 Å². The van der Waals surface area contributed by atoms with Crippen LogP contribution in [0.25, 0.3) is 0 Å². The van der Waals surface area contributed by atoms with Crippen LogP contribution < -0.4 is 5.73 Å². The molecule has 2 rings (SSSR count). The van der Waals surface area contributed by atoms with Crippen molar-refractivity contribution in [2.24, 2.45) is 5.73 Å². The van der Waals surface area contributed by atoms with Gasteiger partial charge in [0.15, 0.2) is 0 Å². The molecule has 1 aliphatic heterocycles. The third kappa shape index (κ3) is 2.97. The standard InChI is InChI=1S/C11H13BrN2O.ClH/c12-9-3-1-8(2-4-9)11(15)14-6-5-10(13)7-14;/h1-4,10H,5-7,13H2;1H/t10-;/m0./s1. The summed E-state index contributed by atoms with van der Waals surface area (Å²) in [6.45, 7) is 1.45. The Balaban J connectivity index is 0.00000128. The molecule has 0 unspecified atom stereocenters. The lowest BCUT2D eigenvalue weighted by atomic mass is 10.2. The van der Waals surface area contributed by atoms with E-state index in [4.69, 9.17) is 5.73 Å². The van der Waals surface area contributed by atoms with E-state index >= 15 is 0 Å². The summed E-state index contributed by atoms with van der Waals surface area (Å²) in [4.78, 5) is 13.8. The fraction of sp³-hybridized carbons (Fsp3) is 0.364. The average Bonchev–Trinajstić information content (AvgIpc) is 2.65. The van der Waals surface area contributed by atoms with Gasteiger partial charge >= 0.3 is 0 Å². The van der Waals surface area contributed by atoms with Crippen LogP contribution >= 0.6 is 28.3 Å². The summed E-state index contributed by atoms with van der Waals surface area (Å²) >= 11 is 3.34. The average molecular weight is 306 g/mol. The number of benzene rings is 1. The predicted octanol–water partition coefficient (Wildman–Crippen LogP) is 2.04. The van der Waals surface area contributed by atoms with Crippen molar-refractivity contribution in [2.75, 3.05) is 13.1 Å². The Kier molecular flexibility index (Phi) is 4.77. The molecule has 3 nitrogen and oxygen atoms in total.